The minimum atomic E-state index is -1.75. The van der Waals surface area contributed by atoms with Crippen LogP contribution in [0.4, 0.5) is 20.7 Å². The molecular weight excluding hydrogens is 489 g/mol. The van der Waals surface area contributed by atoms with Crippen molar-refractivity contribution in [3.8, 4) is 5.82 Å². The van der Waals surface area contributed by atoms with Crippen LogP contribution in [0.3, 0.4) is 0 Å². The van der Waals surface area contributed by atoms with Gasteiger partial charge in [0.05, 0.1) is 29.3 Å². The Kier molecular flexibility index (Phi) is 4.89. The number of benzene rings is 1. The molecule has 0 unspecified atom stereocenters. The SMILES string of the molecule is CC(=O)Nc1ccn(-c2noc3c(F)c4c(cc23)CC2(C(=O)NC(=O)NC2=O)[C@@H]2[C@@H](C)O[C@@H](C)CN42)n1. The van der Waals surface area contributed by atoms with Gasteiger partial charge in [0.25, 0.3) is 0 Å². The van der Waals surface area contributed by atoms with Gasteiger partial charge in [-0.2, -0.15) is 0 Å². The molecule has 13 nitrogen and oxygen atoms in total. The first-order valence-electron chi connectivity index (χ1n) is 11.6. The number of halogens is 1. The van der Waals surface area contributed by atoms with E-state index in [0.717, 1.165) is 0 Å². The van der Waals surface area contributed by atoms with Gasteiger partial charge in [-0.05, 0) is 25.5 Å². The smallest absolute Gasteiger partial charge is 0.328 e. The van der Waals surface area contributed by atoms with Crippen LogP contribution in [-0.4, -0.2) is 63.5 Å². The summed E-state index contributed by atoms with van der Waals surface area (Å²) in [5.74, 6) is -2.14. The first-order valence-corrected chi connectivity index (χ1v) is 11.6. The zero-order chi connectivity index (χ0) is 26.2. The number of urea groups is 1. The molecule has 3 atom stereocenters. The molecule has 3 aliphatic rings. The molecule has 3 N–H and O–H groups in total. The lowest BCUT2D eigenvalue weighted by atomic mass is 9.66. The van der Waals surface area contributed by atoms with Gasteiger partial charge in [-0.15, -0.1) is 5.10 Å². The standard InChI is InChI=1S/C23H22FN7O6/c1-9-8-30-16-12(7-23(18(30)10(2)36-9)20(33)26-22(35)27-21(23)34)6-13-17(15(16)24)37-29-19(13)31-5-4-14(28-31)25-11(3)32/h4-6,9-10,18H,7-8H2,1-3H3,(H,25,28,32)(H2,26,27,33,34,35)/t9-,10+,18-/m0/s1. The highest BCUT2D eigenvalue weighted by molar-refractivity contribution is 6.20. The second-order valence-corrected chi connectivity index (χ2v) is 9.54. The van der Waals surface area contributed by atoms with Crippen LogP contribution in [0.15, 0.2) is 22.9 Å². The number of carbonyl (C=O) groups is 4. The number of hydrogen-bond donors (Lipinski definition) is 3. The van der Waals surface area contributed by atoms with Gasteiger partial charge in [-0.1, -0.05) is 5.16 Å². The molecule has 2 aromatic heterocycles. The molecule has 3 aliphatic heterocycles. The molecule has 0 bridgehead atoms. The molecule has 0 aliphatic carbocycles. The van der Waals surface area contributed by atoms with Gasteiger partial charge in [0.1, 0.15) is 0 Å². The Morgan fingerprint density at radius 3 is 2.68 bits per heavy atom. The molecule has 1 spiro atoms. The third kappa shape index (κ3) is 3.25. The fraction of sp³-hybridized carbons (Fsp3) is 0.391. The van der Waals surface area contributed by atoms with Crippen LogP contribution < -0.4 is 20.9 Å². The number of carbonyl (C=O) groups excluding carboxylic acids is 4. The van der Waals surface area contributed by atoms with Crippen LogP contribution in [0.5, 0.6) is 0 Å². The van der Waals surface area contributed by atoms with Gasteiger partial charge < -0.3 is 19.5 Å². The Bertz CT molecular complexity index is 1490. The van der Waals surface area contributed by atoms with Crippen molar-refractivity contribution in [1.29, 1.82) is 0 Å². The van der Waals surface area contributed by atoms with E-state index in [2.05, 4.69) is 26.2 Å². The molecular formula is C23H22FN7O6. The van der Waals surface area contributed by atoms with E-state index in [0.29, 0.717) is 5.56 Å². The molecule has 14 heteroatoms. The summed E-state index contributed by atoms with van der Waals surface area (Å²) in [5.41, 5.74) is -1.33. The second-order valence-electron chi connectivity index (χ2n) is 9.54. The number of ether oxygens (including phenoxy) is 1. The predicted molar refractivity (Wildman–Crippen MR) is 124 cm³/mol. The highest BCUT2D eigenvalue weighted by Crippen LogP contribution is 2.49. The summed E-state index contributed by atoms with van der Waals surface area (Å²) in [6, 6.07) is 1.36. The molecule has 1 aromatic carbocycles. The van der Waals surface area contributed by atoms with Crippen LogP contribution >= 0.6 is 0 Å². The number of barbiturate groups is 1. The molecule has 3 aromatic rings. The molecule has 0 radical (unpaired) electrons. The fourth-order valence-corrected chi connectivity index (χ4v) is 5.79. The minimum absolute atomic E-state index is 0.125. The molecule has 2 fully saturated rings. The Labute approximate surface area is 208 Å². The summed E-state index contributed by atoms with van der Waals surface area (Å²) in [4.78, 5) is 51.5. The molecule has 37 heavy (non-hydrogen) atoms. The van der Waals surface area contributed by atoms with E-state index in [-0.39, 0.29) is 53.3 Å². The van der Waals surface area contributed by atoms with Gasteiger partial charge in [0.2, 0.25) is 29.1 Å². The van der Waals surface area contributed by atoms with Crippen molar-refractivity contribution < 1.29 is 32.8 Å². The maximum absolute atomic E-state index is 16.1. The van der Waals surface area contributed by atoms with Gasteiger partial charge in [0, 0.05) is 32.2 Å². The van der Waals surface area contributed by atoms with Crippen molar-refractivity contribution in [2.75, 3.05) is 16.8 Å². The monoisotopic (exact) mass is 511 g/mol. The number of aromatic nitrogens is 3. The first kappa shape index (κ1) is 23.1. The van der Waals surface area contributed by atoms with E-state index in [1.807, 2.05) is 6.92 Å². The van der Waals surface area contributed by atoms with Crippen LogP contribution in [0.2, 0.25) is 0 Å². The quantitative estimate of drug-likeness (QED) is 0.426. The number of nitrogens with zero attached hydrogens (tertiary/aromatic N) is 4. The maximum atomic E-state index is 16.1. The normalized spacial score (nSPS) is 24.5. The average molecular weight is 511 g/mol. The minimum Gasteiger partial charge on any atom is -0.372 e. The Morgan fingerprint density at radius 2 is 1.97 bits per heavy atom. The van der Waals surface area contributed by atoms with Gasteiger partial charge in [-0.25, -0.2) is 13.9 Å². The van der Waals surface area contributed by atoms with Crippen molar-refractivity contribution in [3.63, 3.8) is 0 Å². The van der Waals surface area contributed by atoms with Crippen LogP contribution in [-0.2, 0) is 25.5 Å². The number of nitrogens with one attached hydrogen (secondary N) is 3. The highest BCUT2D eigenvalue weighted by atomic mass is 19.1. The number of imide groups is 2. The average Bonchev–Trinajstić information content (AvgIpc) is 3.43. The van der Waals surface area contributed by atoms with Crippen LogP contribution in [0.1, 0.15) is 26.3 Å². The highest BCUT2D eigenvalue weighted by Gasteiger charge is 2.63. The van der Waals surface area contributed by atoms with Crippen LogP contribution in [0, 0.1) is 11.2 Å². The number of amides is 5. The second kappa shape index (κ2) is 7.83. The maximum Gasteiger partial charge on any atom is 0.328 e. The number of hydrogen-bond acceptors (Lipinski definition) is 9. The number of morpholine rings is 1. The van der Waals surface area contributed by atoms with Gasteiger partial charge >= 0.3 is 6.03 Å². The van der Waals surface area contributed by atoms with Crippen molar-refractivity contribution in [3.05, 3.63) is 29.7 Å². The Morgan fingerprint density at radius 1 is 1.24 bits per heavy atom. The van der Waals surface area contributed by atoms with Crippen molar-refractivity contribution in [2.24, 2.45) is 5.41 Å². The predicted octanol–water partition coefficient (Wildman–Crippen LogP) is 1.00. The Hall–Kier alpha value is -4.33. The summed E-state index contributed by atoms with van der Waals surface area (Å²) in [5, 5.41) is 15.4. The number of fused-ring (bicyclic) bond motifs is 5. The van der Waals surface area contributed by atoms with E-state index in [4.69, 9.17) is 9.26 Å². The lowest BCUT2D eigenvalue weighted by Crippen LogP contribution is -2.75. The number of anilines is 2. The third-order valence-electron chi connectivity index (χ3n) is 7.06. The largest absolute Gasteiger partial charge is 0.372 e. The van der Waals surface area contributed by atoms with E-state index < -0.39 is 41.2 Å². The van der Waals surface area contributed by atoms with E-state index in [1.54, 1.807) is 24.0 Å². The lowest BCUT2D eigenvalue weighted by Gasteiger charge is -2.55. The summed E-state index contributed by atoms with van der Waals surface area (Å²) in [7, 11) is 0. The summed E-state index contributed by atoms with van der Waals surface area (Å²) >= 11 is 0. The molecule has 0 saturated carbocycles. The zero-order valence-corrected chi connectivity index (χ0v) is 20.0. The summed E-state index contributed by atoms with van der Waals surface area (Å²) < 4.78 is 28.8. The number of rotatable bonds is 2. The van der Waals surface area contributed by atoms with Crippen LogP contribution in [0.25, 0.3) is 16.8 Å². The first-order chi connectivity index (χ1) is 17.6. The Balaban J connectivity index is 1.54. The summed E-state index contributed by atoms with van der Waals surface area (Å²) in [6.07, 6.45) is 0.362. The van der Waals surface area contributed by atoms with E-state index in [1.165, 1.54) is 17.8 Å². The molecule has 2 saturated heterocycles. The summed E-state index contributed by atoms with van der Waals surface area (Å²) in [6.45, 7) is 5.06. The van der Waals surface area contributed by atoms with Gasteiger partial charge in [0.15, 0.2) is 17.1 Å². The topological polar surface area (TPSA) is 161 Å². The van der Waals surface area contributed by atoms with E-state index in [9.17, 15) is 19.2 Å². The molecule has 5 amide bonds. The molecule has 6 rings (SSSR count). The zero-order valence-electron chi connectivity index (χ0n) is 20.0. The molecule has 5 heterocycles. The fourth-order valence-electron chi connectivity index (χ4n) is 5.79. The third-order valence-corrected chi connectivity index (χ3v) is 7.06. The molecule has 192 valence electrons. The van der Waals surface area contributed by atoms with Crippen molar-refractivity contribution >= 4 is 46.2 Å². The van der Waals surface area contributed by atoms with Gasteiger partial charge in [-0.3, -0.25) is 25.0 Å². The van der Waals surface area contributed by atoms with Crippen molar-refractivity contribution in [1.82, 2.24) is 25.6 Å². The van der Waals surface area contributed by atoms with E-state index >= 15 is 4.39 Å². The lowest BCUT2D eigenvalue weighted by molar-refractivity contribution is -0.153. The van der Waals surface area contributed by atoms with Crippen molar-refractivity contribution in [2.45, 2.75) is 45.4 Å².